The number of benzene rings is 1. The molecule has 23 heavy (non-hydrogen) atoms. The number of nitrogens with two attached hydrogens (primary N) is 1. The van der Waals surface area contributed by atoms with Crippen molar-refractivity contribution < 1.29 is 13.2 Å². The third kappa shape index (κ3) is 3.93. The second kappa shape index (κ2) is 6.35. The molecule has 3 N–H and O–H groups in total. The fourth-order valence-corrected chi connectivity index (χ4v) is 3.09. The largest absolute Gasteiger partial charge is 0.365 e. The van der Waals surface area contributed by atoms with Crippen molar-refractivity contribution in [2.45, 2.75) is 11.4 Å². The van der Waals surface area contributed by atoms with E-state index in [2.05, 4.69) is 0 Å². The van der Waals surface area contributed by atoms with Gasteiger partial charge in [-0.1, -0.05) is 23.2 Å². The van der Waals surface area contributed by atoms with Crippen molar-refractivity contribution in [3.8, 4) is 0 Å². The molecule has 0 bridgehead atoms. The molecule has 0 aliphatic carbocycles. The van der Waals surface area contributed by atoms with Gasteiger partial charge in [-0.05, 0) is 29.8 Å². The van der Waals surface area contributed by atoms with Gasteiger partial charge in [0.1, 0.15) is 5.49 Å². The number of pyridine rings is 1. The number of nitrogens with zero attached hydrogens (tertiary/aromatic N) is 1. The van der Waals surface area contributed by atoms with E-state index in [1.165, 1.54) is 35.0 Å². The van der Waals surface area contributed by atoms with Gasteiger partial charge < -0.3 is 10.3 Å². The predicted molar refractivity (Wildman–Crippen MR) is 87.5 cm³/mol. The highest BCUT2D eigenvalue weighted by atomic mass is 35.5. The van der Waals surface area contributed by atoms with E-state index in [-0.39, 0.29) is 27.5 Å². The summed E-state index contributed by atoms with van der Waals surface area (Å²) in [4.78, 5) is 11.5. The highest BCUT2D eigenvalue weighted by Gasteiger charge is 2.13. The Kier molecular flexibility index (Phi) is 4.84. The minimum atomic E-state index is -3.39. The quantitative estimate of drug-likeness (QED) is 0.853. The summed E-state index contributed by atoms with van der Waals surface area (Å²) in [6, 6.07) is 5.60. The van der Waals surface area contributed by atoms with Crippen LogP contribution < -0.4 is 11.2 Å². The smallest absolute Gasteiger partial charge is 0.252 e. The summed E-state index contributed by atoms with van der Waals surface area (Å²) < 4.78 is 24.7. The van der Waals surface area contributed by atoms with E-state index in [0.717, 1.165) is 6.26 Å². The molecule has 1 aromatic heterocycles. The molecule has 0 saturated heterocycles. The molecule has 0 aliphatic rings. The Morgan fingerprint density at radius 2 is 1.96 bits per heavy atom. The first-order valence-electron chi connectivity index (χ1n) is 6.32. The van der Waals surface area contributed by atoms with Crippen molar-refractivity contribution in [2.24, 2.45) is 5.73 Å². The predicted octanol–water partition coefficient (Wildman–Crippen LogP) is 1.83. The lowest BCUT2D eigenvalue weighted by Gasteiger charge is -2.12. The molecule has 0 atom stereocenters. The van der Waals surface area contributed by atoms with Crippen LogP contribution in [0, 0.1) is 5.41 Å². The fraction of sp³-hybridized carbons (Fsp3) is 0.143. The van der Waals surface area contributed by atoms with Gasteiger partial charge in [-0.15, -0.1) is 0 Å². The fourth-order valence-electron chi connectivity index (χ4n) is 2.01. The minimum Gasteiger partial charge on any atom is -0.365 e. The zero-order valence-corrected chi connectivity index (χ0v) is 14.3. The number of rotatable bonds is 4. The molecule has 1 aromatic carbocycles. The summed E-state index contributed by atoms with van der Waals surface area (Å²) in [7, 11) is -3.39. The van der Waals surface area contributed by atoms with Gasteiger partial charge >= 0.3 is 0 Å². The summed E-state index contributed by atoms with van der Waals surface area (Å²) in [5, 5.41) is 8.58. The zero-order valence-electron chi connectivity index (χ0n) is 12.0. The topological polar surface area (TPSA) is 106 Å². The lowest BCUT2D eigenvalue weighted by atomic mass is 10.2. The van der Waals surface area contributed by atoms with Crippen LogP contribution in [0.2, 0.25) is 10.0 Å². The average molecular weight is 374 g/mol. The monoisotopic (exact) mass is 373 g/mol. The number of sulfone groups is 1. The molecule has 0 spiro atoms. The average Bonchev–Trinajstić information content (AvgIpc) is 2.43. The van der Waals surface area contributed by atoms with Crippen molar-refractivity contribution >= 4 is 38.9 Å². The number of hydrogen-bond acceptors (Lipinski definition) is 4. The van der Waals surface area contributed by atoms with Gasteiger partial charge in [-0.2, -0.15) is 0 Å². The number of carbonyl (C=O) groups is 1. The van der Waals surface area contributed by atoms with E-state index in [4.69, 9.17) is 34.3 Å². The van der Waals surface area contributed by atoms with E-state index < -0.39 is 15.7 Å². The molecule has 6 nitrogen and oxygen atoms in total. The molecule has 1 heterocycles. The van der Waals surface area contributed by atoms with E-state index in [1.807, 2.05) is 0 Å². The molecule has 0 unspecified atom stereocenters. The van der Waals surface area contributed by atoms with Crippen molar-refractivity contribution in [3.63, 3.8) is 0 Å². The molecule has 2 rings (SSSR count). The third-order valence-corrected chi connectivity index (χ3v) is 4.84. The molecule has 2 aromatic rings. The second-order valence-electron chi connectivity index (χ2n) is 4.94. The number of amides is 1. The Labute approximate surface area is 142 Å². The van der Waals surface area contributed by atoms with Crippen LogP contribution in [0.15, 0.2) is 35.4 Å². The highest BCUT2D eigenvalue weighted by molar-refractivity contribution is 7.90. The Balaban J connectivity index is 2.56. The molecule has 0 radical (unpaired) electrons. The van der Waals surface area contributed by atoms with Crippen LogP contribution in [0.5, 0.6) is 0 Å². The van der Waals surface area contributed by atoms with Gasteiger partial charge in [0.15, 0.2) is 9.84 Å². The molecule has 1 amide bonds. The van der Waals surface area contributed by atoms with Crippen molar-refractivity contribution in [1.82, 2.24) is 4.57 Å². The lowest BCUT2D eigenvalue weighted by molar-refractivity contribution is 0.0997. The normalized spacial score (nSPS) is 11.4. The van der Waals surface area contributed by atoms with Gasteiger partial charge in [0.25, 0.3) is 5.91 Å². The molecular formula is C14H13Cl2N3O3S. The Hall–Kier alpha value is -1.83. The van der Waals surface area contributed by atoms with Gasteiger partial charge in [-0.25, -0.2) is 8.42 Å². The molecule has 0 saturated carbocycles. The number of nitrogens with one attached hydrogen (secondary N) is 1. The summed E-state index contributed by atoms with van der Waals surface area (Å²) in [6.07, 6.45) is 2.54. The van der Waals surface area contributed by atoms with Crippen molar-refractivity contribution in [3.05, 3.63) is 57.1 Å². The molecular weight excluding hydrogens is 361 g/mol. The Bertz CT molecular complexity index is 952. The van der Waals surface area contributed by atoms with E-state index in [0.29, 0.717) is 10.6 Å². The van der Waals surface area contributed by atoms with E-state index in [9.17, 15) is 13.2 Å². The van der Waals surface area contributed by atoms with Gasteiger partial charge in [0, 0.05) is 17.5 Å². The van der Waals surface area contributed by atoms with Crippen LogP contribution in [-0.4, -0.2) is 25.1 Å². The number of aromatic nitrogens is 1. The summed E-state index contributed by atoms with van der Waals surface area (Å²) >= 11 is 12.0. The van der Waals surface area contributed by atoms with Crippen LogP contribution in [0.1, 0.15) is 15.9 Å². The summed E-state index contributed by atoms with van der Waals surface area (Å²) in [5.74, 6) is -0.776. The van der Waals surface area contributed by atoms with Gasteiger partial charge in [0.2, 0.25) is 0 Å². The molecule has 122 valence electrons. The third-order valence-electron chi connectivity index (χ3n) is 3.16. The van der Waals surface area contributed by atoms with Crippen molar-refractivity contribution in [1.29, 1.82) is 5.41 Å². The molecule has 0 fully saturated rings. The highest BCUT2D eigenvalue weighted by Crippen LogP contribution is 2.21. The van der Waals surface area contributed by atoms with Crippen LogP contribution in [0.4, 0.5) is 0 Å². The maximum atomic E-state index is 11.6. The molecule has 9 heteroatoms. The van der Waals surface area contributed by atoms with Gasteiger partial charge in [-0.3, -0.25) is 10.2 Å². The maximum Gasteiger partial charge on any atom is 0.252 e. The lowest BCUT2D eigenvalue weighted by Crippen LogP contribution is -2.29. The van der Waals surface area contributed by atoms with Crippen LogP contribution in [-0.2, 0) is 16.4 Å². The Morgan fingerprint density at radius 3 is 2.52 bits per heavy atom. The maximum absolute atomic E-state index is 11.6. The first-order chi connectivity index (χ1) is 10.6. The van der Waals surface area contributed by atoms with Crippen LogP contribution in [0.25, 0.3) is 0 Å². The van der Waals surface area contributed by atoms with Gasteiger partial charge in [0.05, 0.1) is 22.0 Å². The summed E-state index contributed by atoms with van der Waals surface area (Å²) in [6.45, 7) is 0.0713. The zero-order chi connectivity index (χ0) is 17.4. The number of halogens is 2. The SMILES string of the molecule is CS(=O)(=O)c1ccc(Cl)c(Cn2cc(Cl)cc(C(N)=O)c2=N)c1. The summed E-state index contributed by atoms with van der Waals surface area (Å²) in [5.41, 5.74) is 5.53. The Morgan fingerprint density at radius 1 is 1.30 bits per heavy atom. The number of hydrogen-bond donors (Lipinski definition) is 2. The van der Waals surface area contributed by atoms with Crippen LogP contribution >= 0.6 is 23.2 Å². The minimum absolute atomic E-state index is 0.0344. The van der Waals surface area contributed by atoms with Crippen LogP contribution in [0.3, 0.4) is 0 Å². The number of carbonyl (C=O) groups excluding carboxylic acids is 1. The molecule has 0 aliphatic heterocycles. The van der Waals surface area contributed by atoms with E-state index >= 15 is 0 Å². The van der Waals surface area contributed by atoms with Crippen molar-refractivity contribution in [2.75, 3.05) is 6.26 Å². The van der Waals surface area contributed by atoms with E-state index in [1.54, 1.807) is 0 Å². The standard InChI is InChI=1S/C14H13Cl2N3O3S/c1-23(21,22)10-2-3-12(16)8(4-10)6-19-7-9(15)5-11(13(19)17)14(18)20/h2-5,7,17H,6H2,1H3,(H2,18,20). The second-order valence-corrected chi connectivity index (χ2v) is 7.80. The first-order valence-corrected chi connectivity index (χ1v) is 8.97. The first kappa shape index (κ1) is 17.5. The number of primary amides is 1.